The van der Waals surface area contributed by atoms with Crippen LogP contribution >= 0.6 is 0 Å². The number of carboxylic acids is 2. The van der Waals surface area contributed by atoms with Gasteiger partial charge in [0.25, 0.3) is 0 Å². The van der Waals surface area contributed by atoms with Crippen LogP contribution in [0.5, 0.6) is 0 Å². The van der Waals surface area contributed by atoms with Gasteiger partial charge < -0.3 is 19.5 Å². The fourth-order valence-electron chi connectivity index (χ4n) is 4.20. The van der Waals surface area contributed by atoms with Gasteiger partial charge in [0.2, 0.25) is 0 Å². The summed E-state index contributed by atoms with van der Waals surface area (Å²) in [6.45, 7) is 5.67. The molecule has 0 fully saturated rings. The van der Waals surface area contributed by atoms with E-state index < -0.39 is 23.4 Å². The Balaban J connectivity index is 4.47. The maximum Gasteiger partial charge on any atom is 0.316 e. The van der Waals surface area contributed by atoms with Crippen LogP contribution in [0.2, 0.25) is 0 Å². The molecule has 0 amide bonds. The first-order valence-electron chi connectivity index (χ1n) is 10.7. The van der Waals surface area contributed by atoms with E-state index in [0.717, 1.165) is 19.3 Å². The number of carboxylic acid groups (broad SMARTS) is 2. The van der Waals surface area contributed by atoms with Crippen molar-refractivity contribution in [2.24, 2.45) is 11.3 Å². The predicted octanol–water partition coefficient (Wildman–Crippen LogP) is 3.85. The van der Waals surface area contributed by atoms with Gasteiger partial charge in [-0.05, 0) is 19.3 Å². The van der Waals surface area contributed by atoms with Crippen molar-refractivity contribution in [2.75, 3.05) is 21.1 Å². The van der Waals surface area contributed by atoms with Crippen LogP contribution in [0.1, 0.15) is 91.4 Å². The number of hydrogen-bond acceptors (Lipinski definition) is 3. The van der Waals surface area contributed by atoms with Gasteiger partial charge in [-0.2, -0.15) is 0 Å². The first-order valence-corrected chi connectivity index (χ1v) is 10.7. The Morgan fingerprint density at radius 2 is 1.33 bits per heavy atom. The molecule has 27 heavy (non-hydrogen) atoms. The molecule has 0 aromatic rings. The van der Waals surface area contributed by atoms with Crippen LogP contribution in [0, 0.1) is 11.3 Å². The van der Waals surface area contributed by atoms with E-state index in [-0.39, 0.29) is 10.4 Å². The van der Waals surface area contributed by atoms with Crippen molar-refractivity contribution in [3.05, 3.63) is 0 Å². The largest absolute Gasteiger partial charge is 0.544 e. The fourth-order valence-corrected chi connectivity index (χ4v) is 4.20. The topological polar surface area (TPSA) is 77.4 Å². The van der Waals surface area contributed by atoms with E-state index in [0.29, 0.717) is 0 Å². The zero-order valence-corrected chi connectivity index (χ0v) is 18.6. The van der Waals surface area contributed by atoms with Crippen LogP contribution in [-0.2, 0) is 9.59 Å². The predicted molar refractivity (Wildman–Crippen MR) is 108 cm³/mol. The molecule has 0 heterocycles. The van der Waals surface area contributed by atoms with Crippen molar-refractivity contribution in [3.63, 3.8) is 0 Å². The highest BCUT2D eigenvalue weighted by Gasteiger charge is 2.53. The molecule has 0 aliphatic heterocycles. The van der Waals surface area contributed by atoms with Gasteiger partial charge in [0.1, 0.15) is 17.4 Å². The van der Waals surface area contributed by atoms with E-state index in [1.165, 1.54) is 51.4 Å². The second-order valence-corrected chi connectivity index (χ2v) is 9.30. The second-order valence-electron chi connectivity index (χ2n) is 9.30. The molecule has 0 aromatic heterocycles. The number of unbranched alkanes of at least 4 members (excludes halogenated alkanes) is 9. The summed E-state index contributed by atoms with van der Waals surface area (Å²) >= 11 is 0. The van der Waals surface area contributed by atoms with E-state index in [1.807, 2.05) is 6.92 Å². The quantitative estimate of drug-likeness (QED) is 0.323. The molecule has 1 N–H and O–H groups in total. The van der Waals surface area contributed by atoms with Gasteiger partial charge in [-0.1, -0.05) is 78.1 Å². The lowest BCUT2D eigenvalue weighted by atomic mass is 9.69. The summed E-state index contributed by atoms with van der Waals surface area (Å²) in [7, 11) is 5.15. The summed E-state index contributed by atoms with van der Waals surface area (Å²) in [6, 6.07) is -1.09. The molecule has 0 spiro atoms. The molecular weight excluding hydrogens is 342 g/mol. The van der Waals surface area contributed by atoms with Gasteiger partial charge in [-0.25, -0.2) is 0 Å². The molecule has 0 saturated carbocycles. The molecule has 3 unspecified atom stereocenters. The van der Waals surface area contributed by atoms with Crippen LogP contribution in [-0.4, -0.2) is 48.7 Å². The average molecular weight is 386 g/mol. The molecule has 0 aliphatic rings. The number of hydrogen-bond donors (Lipinski definition) is 1. The first kappa shape index (κ1) is 25.9. The van der Waals surface area contributed by atoms with E-state index in [1.54, 1.807) is 28.1 Å². The minimum absolute atomic E-state index is 0.0352. The van der Waals surface area contributed by atoms with Crippen molar-refractivity contribution in [1.29, 1.82) is 0 Å². The van der Waals surface area contributed by atoms with E-state index in [4.69, 9.17) is 0 Å². The normalized spacial score (nSPS) is 16.5. The third-order valence-corrected chi connectivity index (χ3v) is 6.04. The molecule has 0 bridgehead atoms. The van der Waals surface area contributed by atoms with E-state index >= 15 is 0 Å². The number of likely N-dealkylation sites (N-methyl/N-ethyl adjacent to an activating group) is 1. The number of carbonyl (C=O) groups excluding carboxylic acids is 1. The number of aliphatic carboxylic acids is 2. The standard InChI is InChI=1S/C22H43NO4/c1-7-8-9-10-11-12-13-14-15-16-17-18(2)22(3,21(26)27)19(20(24)25)23(4,5)6/h18-19H,7-17H2,1-6H3,(H-,24,25,26,27). The molecule has 0 aliphatic carbocycles. The van der Waals surface area contributed by atoms with Gasteiger partial charge in [-0.3, -0.25) is 4.79 Å². The third kappa shape index (κ3) is 8.63. The van der Waals surface area contributed by atoms with Crippen LogP contribution in [0.3, 0.4) is 0 Å². The fraction of sp³-hybridized carbons (Fsp3) is 0.909. The average Bonchev–Trinajstić information content (AvgIpc) is 2.54. The SMILES string of the molecule is CCCCCCCCCCCCC(C)C(C)(C(=O)O)C(C(=O)[O-])[N+](C)(C)C. The minimum atomic E-state index is -1.35. The Morgan fingerprint density at radius 1 is 0.926 bits per heavy atom. The number of quaternary nitrogens is 1. The van der Waals surface area contributed by atoms with Crippen molar-refractivity contribution < 1.29 is 24.3 Å². The Labute approximate surface area is 166 Å². The molecular formula is C22H43NO4. The molecule has 5 heteroatoms. The molecule has 0 saturated heterocycles. The van der Waals surface area contributed by atoms with Gasteiger partial charge in [0.05, 0.1) is 21.1 Å². The molecule has 0 aromatic carbocycles. The molecule has 3 atom stereocenters. The monoisotopic (exact) mass is 385 g/mol. The number of rotatable bonds is 16. The summed E-state index contributed by atoms with van der Waals surface area (Å²) in [4.78, 5) is 23.8. The zero-order valence-electron chi connectivity index (χ0n) is 18.6. The van der Waals surface area contributed by atoms with Crippen molar-refractivity contribution >= 4 is 11.9 Å². The highest BCUT2D eigenvalue weighted by atomic mass is 16.4. The van der Waals surface area contributed by atoms with Gasteiger partial charge >= 0.3 is 5.97 Å². The zero-order chi connectivity index (χ0) is 21.1. The van der Waals surface area contributed by atoms with Gasteiger partial charge in [0.15, 0.2) is 0 Å². The minimum Gasteiger partial charge on any atom is -0.544 e. The summed E-state index contributed by atoms with van der Waals surface area (Å²) in [5.41, 5.74) is -1.35. The molecule has 0 rings (SSSR count). The molecule has 5 nitrogen and oxygen atoms in total. The summed E-state index contributed by atoms with van der Waals surface area (Å²) in [5.74, 6) is -2.57. The van der Waals surface area contributed by atoms with Gasteiger partial charge in [0, 0.05) is 0 Å². The van der Waals surface area contributed by atoms with Crippen LogP contribution in [0.15, 0.2) is 0 Å². The summed E-state index contributed by atoms with van der Waals surface area (Å²) < 4.78 is 0.0352. The van der Waals surface area contributed by atoms with Crippen molar-refractivity contribution in [1.82, 2.24) is 0 Å². The molecule has 0 radical (unpaired) electrons. The number of carbonyl (C=O) groups is 2. The third-order valence-electron chi connectivity index (χ3n) is 6.04. The summed E-state index contributed by atoms with van der Waals surface area (Å²) in [5, 5.41) is 21.6. The van der Waals surface area contributed by atoms with Crippen LogP contribution < -0.4 is 5.11 Å². The van der Waals surface area contributed by atoms with Gasteiger partial charge in [-0.15, -0.1) is 0 Å². The van der Waals surface area contributed by atoms with Crippen LogP contribution in [0.25, 0.3) is 0 Å². The Hall–Kier alpha value is -1.10. The lowest BCUT2D eigenvalue weighted by Crippen LogP contribution is -2.65. The van der Waals surface area contributed by atoms with Crippen molar-refractivity contribution in [3.8, 4) is 0 Å². The summed E-state index contributed by atoms with van der Waals surface area (Å²) in [6.07, 6.45) is 13.0. The maximum atomic E-state index is 12.0. The molecule has 160 valence electrons. The number of nitrogens with zero attached hydrogens (tertiary/aromatic N) is 1. The highest BCUT2D eigenvalue weighted by molar-refractivity contribution is 5.84. The Kier molecular flexibility index (Phi) is 11.9. The smallest absolute Gasteiger partial charge is 0.316 e. The lowest BCUT2D eigenvalue weighted by Gasteiger charge is -2.46. The van der Waals surface area contributed by atoms with Crippen molar-refractivity contribution in [2.45, 2.75) is 97.4 Å². The maximum absolute atomic E-state index is 12.0. The van der Waals surface area contributed by atoms with E-state index in [2.05, 4.69) is 6.92 Å². The van der Waals surface area contributed by atoms with Crippen LogP contribution in [0.4, 0.5) is 0 Å². The van der Waals surface area contributed by atoms with E-state index in [9.17, 15) is 19.8 Å². The first-order chi connectivity index (χ1) is 12.5. The Bertz CT molecular complexity index is 444. The second kappa shape index (κ2) is 12.4. The Morgan fingerprint density at radius 3 is 1.67 bits per heavy atom. The highest BCUT2D eigenvalue weighted by Crippen LogP contribution is 2.38. The lowest BCUT2D eigenvalue weighted by molar-refractivity contribution is -0.896.